The van der Waals surface area contributed by atoms with Crippen LogP contribution in [0.25, 0.3) is 0 Å². The highest BCUT2D eigenvalue weighted by molar-refractivity contribution is 9.10. The van der Waals surface area contributed by atoms with E-state index < -0.39 is 4.92 Å². The summed E-state index contributed by atoms with van der Waals surface area (Å²) in [5.74, 6) is 0.148. The average Bonchev–Trinajstić information content (AvgIpc) is 2.45. The molecule has 1 amide bonds. The molecule has 21 heavy (non-hydrogen) atoms. The number of hydrogen-bond donors (Lipinski definition) is 1. The van der Waals surface area contributed by atoms with Crippen molar-refractivity contribution in [2.75, 3.05) is 6.54 Å². The fraction of sp³-hybridized carbons (Fsp3) is 0.500. The fourth-order valence-corrected chi connectivity index (χ4v) is 3.79. The van der Waals surface area contributed by atoms with Gasteiger partial charge in [0.25, 0.3) is 11.6 Å². The highest BCUT2D eigenvalue weighted by Gasteiger charge is 2.23. The minimum Gasteiger partial charge on any atom is -0.352 e. The number of nitrogens with one attached hydrogen (secondary N) is 1. The summed E-state index contributed by atoms with van der Waals surface area (Å²) in [5.41, 5.74) is 0.212. The highest BCUT2D eigenvalue weighted by atomic mass is 79.9. The minimum absolute atomic E-state index is 0.0921. The van der Waals surface area contributed by atoms with E-state index in [1.165, 1.54) is 25.0 Å². The predicted octanol–water partition coefficient (Wildman–Crippen LogP) is 4.04. The SMILES string of the molecule is O=C(NCC1CCCCC1Br)c1cc(Br)cc([N+](=O)[O-])c1. The van der Waals surface area contributed by atoms with E-state index in [2.05, 4.69) is 37.2 Å². The maximum absolute atomic E-state index is 12.2. The number of amides is 1. The van der Waals surface area contributed by atoms with E-state index in [0.717, 1.165) is 12.8 Å². The Bertz CT molecular complexity index is 551. The second-order valence-electron chi connectivity index (χ2n) is 5.23. The molecule has 0 aromatic heterocycles. The number of nitrogens with zero attached hydrogens (tertiary/aromatic N) is 1. The van der Waals surface area contributed by atoms with E-state index >= 15 is 0 Å². The summed E-state index contributed by atoms with van der Waals surface area (Å²) < 4.78 is 0.526. The number of hydrogen-bond acceptors (Lipinski definition) is 3. The summed E-state index contributed by atoms with van der Waals surface area (Å²) in [6.07, 6.45) is 4.63. The van der Waals surface area contributed by atoms with Crippen molar-refractivity contribution >= 4 is 43.5 Å². The van der Waals surface area contributed by atoms with E-state index in [4.69, 9.17) is 0 Å². The molecule has 0 aliphatic heterocycles. The lowest BCUT2D eigenvalue weighted by Gasteiger charge is -2.27. The molecule has 0 bridgehead atoms. The lowest BCUT2D eigenvalue weighted by molar-refractivity contribution is -0.385. The number of carbonyl (C=O) groups excluding carboxylic acids is 1. The molecule has 0 heterocycles. The molecule has 1 fully saturated rings. The van der Waals surface area contributed by atoms with Gasteiger partial charge in [-0.25, -0.2) is 0 Å². The largest absolute Gasteiger partial charge is 0.352 e. The van der Waals surface area contributed by atoms with Crippen molar-refractivity contribution < 1.29 is 9.72 Å². The van der Waals surface area contributed by atoms with Crippen LogP contribution in [0.15, 0.2) is 22.7 Å². The van der Waals surface area contributed by atoms with Gasteiger partial charge in [-0.1, -0.05) is 44.7 Å². The van der Waals surface area contributed by atoms with Gasteiger partial charge in [0.05, 0.1) is 4.92 Å². The van der Waals surface area contributed by atoms with Crippen LogP contribution in [0.2, 0.25) is 0 Å². The zero-order valence-corrected chi connectivity index (χ0v) is 14.5. The Morgan fingerprint density at radius 1 is 1.33 bits per heavy atom. The predicted molar refractivity (Wildman–Crippen MR) is 87.8 cm³/mol. The summed E-state index contributed by atoms with van der Waals surface area (Å²) in [6.45, 7) is 0.592. The van der Waals surface area contributed by atoms with Crippen molar-refractivity contribution in [3.8, 4) is 0 Å². The third kappa shape index (κ3) is 4.51. The van der Waals surface area contributed by atoms with Crippen LogP contribution in [-0.2, 0) is 0 Å². The van der Waals surface area contributed by atoms with Crippen molar-refractivity contribution in [3.63, 3.8) is 0 Å². The monoisotopic (exact) mass is 418 g/mol. The fourth-order valence-electron chi connectivity index (χ4n) is 2.53. The van der Waals surface area contributed by atoms with Crippen LogP contribution in [0.3, 0.4) is 0 Å². The van der Waals surface area contributed by atoms with Crippen molar-refractivity contribution in [1.82, 2.24) is 5.32 Å². The third-order valence-electron chi connectivity index (χ3n) is 3.70. The lowest BCUT2D eigenvalue weighted by Crippen LogP contribution is -2.34. The standard InChI is InChI=1S/C14H16Br2N2O3/c15-11-5-10(6-12(7-11)18(20)21)14(19)17-8-9-3-1-2-4-13(9)16/h5-7,9,13H,1-4,8H2,(H,17,19). The number of nitro groups is 1. The molecule has 114 valence electrons. The Labute approximate surface area is 139 Å². The van der Waals surface area contributed by atoms with Gasteiger partial charge in [0.15, 0.2) is 0 Å². The van der Waals surface area contributed by atoms with Crippen LogP contribution >= 0.6 is 31.9 Å². The number of benzene rings is 1. The van der Waals surface area contributed by atoms with Crippen molar-refractivity contribution in [1.29, 1.82) is 0 Å². The Morgan fingerprint density at radius 2 is 2.05 bits per heavy atom. The van der Waals surface area contributed by atoms with E-state index in [0.29, 0.717) is 27.3 Å². The summed E-state index contributed by atoms with van der Waals surface area (Å²) in [5, 5.41) is 13.7. The quantitative estimate of drug-likeness (QED) is 0.454. The Morgan fingerprint density at radius 3 is 2.71 bits per heavy atom. The highest BCUT2D eigenvalue weighted by Crippen LogP contribution is 2.29. The first kappa shape index (κ1) is 16.4. The van der Waals surface area contributed by atoms with Crippen LogP contribution in [0.5, 0.6) is 0 Å². The van der Waals surface area contributed by atoms with Gasteiger partial charge in [-0.05, 0) is 24.8 Å². The molecule has 0 saturated heterocycles. The van der Waals surface area contributed by atoms with Gasteiger partial charge in [0.2, 0.25) is 0 Å². The molecule has 1 N–H and O–H groups in total. The van der Waals surface area contributed by atoms with Crippen LogP contribution in [0.4, 0.5) is 5.69 Å². The summed E-state index contributed by atoms with van der Waals surface area (Å²) in [6, 6.07) is 4.27. The minimum atomic E-state index is -0.503. The molecular formula is C14H16Br2N2O3. The number of non-ortho nitro benzene ring substituents is 1. The molecule has 0 radical (unpaired) electrons. The zero-order chi connectivity index (χ0) is 15.4. The normalized spacial score (nSPS) is 21.8. The van der Waals surface area contributed by atoms with Crippen LogP contribution in [0, 0.1) is 16.0 Å². The number of carbonyl (C=O) groups is 1. The average molecular weight is 420 g/mol. The lowest BCUT2D eigenvalue weighted by atomic mass is 9.89. The van der Waals surface area contributed by atoms with Gasteiger partial charge in [-0.3, -0.25) is 14.9 Å². The van der Waals surface area contributed by atoms with Gasteiger partial charge >= 0.3 is 0 Å². The van der Waals surface area contributed by atoms with Crippen LogP contribution < -0.4 is 5.32 Å². The molecular weight excluding hydrogens is 404 g/mol. The second kappa shape index (κ2) is 7.35. The molecule has 0 spiro atoms. The van der Waals surface area contributed by atoms with Crippen molar-refractivity contribution in [3.05, 3.63) is 38.3 Å². The van der Waals surface area contributed by atoms with Crippen molar-refractivity contribution in [2.45, 2.75) is 30.5 Å². The van der Waals surface area contributed by atoms with Gasteiger partial charge in [0, 0.05) is 33.5 Å². The van der Waals surface area contributed by atoms with Gasteiger partial charge in [-0.2, -0.15) is 0 Å². The Balaban J connectivity index is 2.01. The first-order valence-corrected chi connectivity index (χ1v) is 8.55. The summed E-state index contributed by atoms with van der Waals surface area (Å²) in [7, 11) is 0. The molecule has 2 rings (SSSR count). The Kier molecular flexibility index (Phi) is 5.75. The smallest absolute Gasteiger partial charge is 0.271 e. The molecule has 7 heteroatoms. The molecule has 1 saturated carbocycles. The topological polar surface area (TPSA) is 72.2 Å². The zero-order valence-electron chi connectivity index (χ0n) is 11.4. The van der Waals surface area contributed by atoms with E-state index in [1.54, 1.807) is 6.07 Å². The number of halogens is 2. The number of nitro benzene ring substituents is 1. The van der Waals surface area contributed by atoms with Gasteiger partial charge in [0.1, 0.15) is 0 Å². The van der Waals surface area contributed by atoms with Gasteiger partial charge < -0.3 is 5.32 Å². The first-order chi connectivity index (χ1) is 9.97. The molecule has 1 aromatic carbocycles. The summed E-state index contributed by atoms with van der Waals surface area (Å²) >= 11 is 6.85. The molecule has 2 unspecified atom stereocenters. The summed E-state index contributed by atoms with van der Waals surface area (Å²) in [4.78, 5) is 22.9. The third-order valence-corrected chi connectivity index (χ3v) is 5.36. The van der Waals surface area contributed by atoms with E-state index in [9.17, 15) is 14.9 Å². The maximum atomic E-state index is 12.2. The number of alkyl halides is 1. The first-order valence-electron chi connectivity index (χ1n) is 6.84. The maximum Gasteiger partial charge on any atom is 0.271 e. The molecule has 1 aliphatic carbocycles. The molecule has 2 atom stereocenters. The van der Waals surface area contributed by atoms with Crippen LogP contribution in [0.1, 0.15) is 36.0 Å². The molecule has 5 nitrogen and oxygen atoms in total. The van der Waals surface area contributed by atoms with Crippen LogP contribution in [-0.4, -0.2) is 22.2 Å². The molecule has 1 aliphatic rings. The Hall–Kier alpha value is -0.950. The van der Waals surface area contributed by atoms with Gasteiger partial charge in [-0.15, -0.1) is 0 Å². The van der Waals surface area contributed by atoms with E-state index in [-0.39, 0.29) is 11.6 Å². The van der Waals surface area contributed by atoms with E-state index in [1.807, 2.05) is 0 Å². The number of rotatable bonds is 4. The second-order valence-corrected chi connectivity index (χ2v) is 7.32. The molecule has 1 aromatic rings. The van der Waals surface area contributed by atoms with Crippen molar-refractivity contribution in [2.24, 2.45) is 5.92 Å².